The molecular weight excluding hydrogens is 1960 g/mol. The number of carbonyl (C=O) groups is 1. The molecule has 0 atom stereocenters. The Hall–Kier alpha value is -13.9. The molecule has 0 saturated heterocycles. The van der Waals surface area contributed by atoms with E-state index in [-0.39, 0.29) is 70.5 Å². The minimum atomic E-state index is -0.563. The molecule has 4 aliphatic rings. The van der Waals surface area contributed by atoms with Crippen molar-refractivity contribution in [3.05, 3.63) is 487 Å². The van der Waals surface area contributed by atoms with Gasteiger partial charge in [-0.1, -0.05) is 281 Å². The molecule has 4 aliphatic carbocycles. The van der Waals surface area contributed by atoms with Crippen LogP contribution in [0.15, 0.2) is 352 Å². The van der Waals surface area contributed by atoms with E-state index in [9.17, 15) is 15.0 Å². The van der Waals surface area contributed by atoms with E-state index in [2.05, 4.69) is 56.1 Å². The molecule has 25 heteroatoms. The van der Waals surface area contributed by atoms with E-state index >= 15 is 0 Å². The topological polar surface area (TPSA) is 233 Å². The van der Waals surface area contributed by atoms with Crippen LogP contribution in [-0.2, 0) is 97.7 Å². The van der Waals surface area contributed by atoms with Gasteiger partial charge >= 0.3 is 29.6 Å². The molecule has 0 aliphatic heterocycles. The molecule has 5 N–H and O–H groups in total. The van der Waals surface area contributed by atoms with Gasteiger partial charge in [-0.3, -0.25) is 4.79 Å². The van der Waals surface area contributed by atoms with Gasteiger partial charge in [-0.05, 0) is 166 Å². The van der Waals surface area contributed by atoms with Gasteiger partial charge in [0.1, 0.15) is 58.5 Å². The van der Waals surface area contributed by atoms with E-state index in [1.165, 1.54) is 24.3 Å². The van der Waals surface area contributed by atoms with Crippen LogP contribution in [0.4, 0.5) is 0 Å². The molecule has 0 aromatic heterocycles. The van der Waals surface area contributed by atoms with Crippen LogP contribution in [0.1, 0.15) is 131 Å². The first kappa shape index (κ1) is 111. The maximum Gasteiger partial charge on any atom is 1.00 e. The van der Waals surface area contributed by atoms with Crippen molar-refractivity contribution in [1.29, 1.82) is 0 Å². The first-order valence-electron chi connectivity index (χ1n) is 45.1. The number of phenolic OH excluding ortho intramolecular Hbond substituents is 4. The Morgan fingerprint density at radius 2 is 0.496 bits per heavy atom. The second-order valence-electron chi connectivity index (χ2n) is 32.5. The summed E-state index contributed by atoms with van der Waals surface area (Å²) in [5, 5.41) is 38.5. The van der Waals surface area contributed by atoms with E-state index in [1.54, 1.807) is 12.1 Å². The van der Waals surface area contributed by atoms with Gasteiger partial charge in [0.15, 0.2) is 69.0 Å². The number of hydrogen-bond acceptors (Lipinski definition) is 15. The van der Waals surface area contributed by atoms with Crippen molar-refractivity contribution in [2.45, 2.75) is 140 Å². The normalized spacial score (nSPS) is 12.8. The number of hydrogen-bond donors (Lipinski definition) is 4. The Bertz CT molecular complexity index is 6060. The van der Waals surface area contributed by atoms with Crippen molar-refractivity contribution in [2.75, 3.05) is 22.4 Å². The number of nitrogens with zero attached hydrogens (tertiary/aromatic N) is 5. The van der Waals surface area contributed by atoms with E-state index in [4.69, 9.17) is 109 Å². The van der Waals surface area contributed by atoms with Crippen LogP contribution in [-0.4, -0.2) is 54.8 Å². The Balaban J connectivity index is 0.000000207. The molecule has 0 bridgehead atoms. The number of aromatic hydroxyl groups is 4. The maximum atomic E-state index is 10.3. The van der Waals surface area contributed by atoms with Crippen molar-refractivity contribution < 1.29 is 104 Å². The summed E-state index contributed by atoms with van der Waals surface area (Å²) in [7, 11) is 0. The van der Waals surface area contributed by atoms with Gasteiger partial charge in [-0.25, -0.2) is 32.9 Å². The molecule has 14 aromatic rings. The predicted octanol–water partition coefficient (Wildman–Crippen LogP) is 25.6. The van der Waals surface area contributed by atoms with E-state index in [1.807, 2.05) is 315 Å². The molecule has 4 fully saturated rings. The smallest absolute Gasteiger partial charge is 0.870 e. The summed E-state index contributed by atoms with van der Waals surface area (Å²) < 4.78 is 53.0. The summed E-state index contributed by atoms with van der Waals surface area (Å²) in [6.45, 7) is 41.0. The van der Waals surface area contributed by atoms with Crippen molar-refractivity contribution in [3.63, 3.8) is 0 Å². The molecule has 20 nitrogen and oxygen atoms in total. The standard InChI is InChI=1S/2C24H21NO2.2C22H19NO2.C10H9NO2.C10H10O4.2C2H4BrCl.Na.H2O.H2/c2*1-25-24(14-15-24)21-12-13-22(26-17-19-8-4-2-5-9-19)23(16-21)27-18-20-10-6-3-7-11-20;2*1-23-15-20-12-13-21(24-16-18-8-4-2-5-9-18)22(14-20)25-17-19-10-6-3-7-11-19;1-11-10(4-5-10)7-2-3-8(12)9(13)6-7;11-6-14-10(3-4-10)7-1-2-8(12)9(13)5-7;2*3-1-2-4;;;/h2*2-13,16H,14-15,17-18H2;2*2-14H,15-17H2;2-3,6,12-13H,4-5H2;1-2,5-6,12-13H,3-4H2;2*1-2H2;;1H2;1H/q;;;;;;;;+1;;/p-1. The van der Waals surface area contributed by atoms with E-state index in [0.717, 1.165) is 140 Å². The van der Waals surface area contributed by atoms with Crippen molar-refractivity contribution >= 4 is 61.5 Å². The first-order valence-corrected chi connectivity index (χ1v) is 48.4. The second kappa shape index (κ2) is 58.9. The minimum absolute atomic E-state index is 0. The molecule has 0 unspecified atom stereocenters. The van der Waals surface area contributed by atoms with Crippen LogP contribution in [0.2, 0.25) is 0 Å². The number of alkyl halides is 4. The van der Waals surface area contributed by atoms with E-state index in [0.29, 0.717) is 130 Å². The Kier molecular flexibility index (Phi) is 46.2. The maximum absolute atomic E-state index is 10.3. The van der Waals surface area contributed by atoms with Crippen LogP contribution in [0.3, 0.4) is 0 Å². The van der Waals surface area contributed by atoms with Gasteiger partial charge in [0.25, 0.3) is 23.1 Å². The third kappa shape index (κ3) is 35.7. The summed E-state index contributed by atoms with van der Waals surface area (Å²) in [4.78, 5) is 28.3. The molecule has 141 heavy (non-hydrogen) atoms. The zero-order valence-electron chi connectivity index (χ0n) is 78.2. The fraction of sp³-hybridized carbons (Fsp3) is 0.224. The third-order valence-electron chi connectivity index (χ3n) is 22.3. The summed E-state index contributed by atoms with van der Waals surface area (Å²) >= 11 is 16.5. The molecule has 0 spiro atoms. The van der Waals surface area contributed by atoms with Gasteiger partial charge in [-0.15, -0.1) is 23.2 Å². The summed E-state index contributed by atoms with van der Waals surface area (Å²) in [5.41, 5.74) is 12.5. The minimum Gasteiger partial charge on any atom is -0.870 e. The van der Waals surface area contributed by atoms with Crippen molar-refractivity contribution in [3.8, 4) is 69.0 Å². The third-order valence-corrected chi connectivity index (χ3v) is 24.4. The van der Waals surface area contributed by atoms with Crippen molar-refractivity contribution in [1.82, 2.24) is 0 Å². The number of rotatable bonds is 34. The largest absolute Gasteiger partial charge is 1.00 e. The Labute approximate surface area is 876 Å². The number of carbonyl (C=O) groups excluding carboxylic acids is 1. The van der Waals surface area contributed by atoms with Crippen LogP contribution in [0.5, 0.6) is 69.0 Å². The summed E-state index contributed by atoms with van der Waals surface area (Å²) in [5.74, 6) is 6.29. The van der Waals surface area contributed by atoms with Crippen LogP contribution < -0.4 is 67.5 Å². The fourth-order valence-electron chi connectivity index (χ4n) is 13.9. The summed E-state index contributed by atoms with van der Waals surface area (Å²) in [6.07, 6.45) is 6.88. The number of benzene rings is 14. The average molecular weight is 2070 g/mol. The van der Waals surface area contributed by atoms with Gasteiger partial charge in [0, 0.05) is 90.2 Å². The zero-order valence-corrected chi connectivity index (χ0v) is 84.9. The Morgan fingerprint density at radius 3 is 0.709 bits per heavy atom. The number of ether oxygens (including phenoxy) is 9. The van der Waals surface area contributed by atoms with Gasteiger partial charge in [-0.2, -0.15) is 0 Å². The van der Waals surface area contributed by atoms with E-state index < -0.39 is 11.1 Å². The average Bonchev–Trinajstić information content (AvgIpc) is 1.64. The fourth-order valence-corrected chi connectivity index (χ4v) is 13.9. The Morgan fingerprint density at radius 1 is 0.284 bits per heavy atom. The molecule has 18 rings (SSSR count). The predicted molar refractivity (Wildman–Crippen MR) is 556 cm³/mol. The van der Waals surface area contributed by atoms with Gasteiger partial charge in [0.2, 0.25) is 13.1 Å². The quantitative estimate of drug-likeness (QED) is 0.00965. The molecule has 0 heterocycles. The first-order chi connectivity index (χ1) is 68.0. The molecule has 718 valence electrons. The monoisotopic (exact) mass is 2060 g/mol. The van der Waals surface area contributed by atoms with Crippen LogP contribution in [0, 0.1) is 32.9 Å². The number of halogens is 4. The number of phenols is 4. The van der Waals surface area contributed by atoms with Crippen LogP contribution >= 0.6 is 55.1 Å². The van der Waals surface area contributed by atoms with Gasteiger partial charge in [0.05, 0.1) is 0 Å². The molecule has 0 amide bonds. The summed E-state index contributed by atoms with van der Waals surface area (Å²) in [6, 6.07) is 113. The SMILES string of the molecule is ClCCBr.ClCCBr.O=COC1(c2ccc(O)c(O)c2)CC1.[C-]#[N+]C1(c2ccc(O)c(O)c2)CC1.[C-]#[N+]C1(c2ccc(OCc3ccccc3)c(OCc3ccccc3)c2)CC1.[C-]#[N+]C1(c2ccc(OCc3ccccc3)c(OCc3ccccc3)c2)CC1.[C-]#[N+]Cc1ccc(OCc2ccccc2)c(OCc2ccccc2)c1.[C-]#[N+]Cc1ccc(OCc2ccccc2)c(OCc2ccccc2)c1.[HH].[Na+].[OH-]. The zero-order chi connectivity index (χ0) is 98.2. The van der Waals surface area contributed by atoms with Crippen LogP contribution in [0.25, 0.3) is 24.2 Å². The molecule has 0 radical (unpaired) electrons. The van der Waals surface area contributed by atoms with Crippen molar-refractivity contribution in [2.24, 2.45) is 0 Å². The molecule has 4 saturated carbocycles. The van der Waals surface area contributed by atoms with Gasteiger partial charge < -0.3 is 92.8 Å². The molecule has 14 aromatic carbocycles. The second-order valence-corrected chi connectivity index (χ2v) is 34.9. The molecular formula is C116H110Br2Cl2N5NaO15.